The van der Waals surface area contributed by atoms with Gasteiger partial charge in [0.05, 0.1) is 5.69 Å². The predicted octanol–water partition coefficient (Wildman–Crippen LogP) is 3.53. The smallest absolute Gasteiger partial charge is 0.153 e. The zero-order valence-electron chi connectivity index (χ0n) is 16.1. The number of hydrogen-bond donors (Lipinski definition) is 1. The van der Waals surface area contributed by atoms with Crippen molar-refractivity contribution in [1.29, 1.82) is 0 Å². The molecule has 2 saturated heterocycles. The summed E-state index contributed by atoms with van der Waals surface area (Å²) in [5.74, 6) is 2.89. The zero-order chi connectivity index (χ0) is 18.5. The Morgan fingerprint density at radius 1 is 1.07 bits per heavy atom. The van der Waals surface area contributed by atoms with Crippen molar-refractivity contribution in [1.82, 2.24) is 19.9 Å². The van der Waals surface area contributed by atoms with Crippen LogP contribution in [-0.2, 0) is 4.74 Å². The van der Waals surface area contributed by atoms with Gasteiger partial charge in [0.2, 0.25) is 0 Å². The summed E-state index contributed by atoms with van der Waals surface area (Å²) >= 11 is 0. The molecule has 0 aliphatic carbocycles. The highest BCUT2D eigenvalue weighted by Crippen LogP contribution is 2.31. The number of rotatable bonds is 5. The molecule has 0 radical (unpaired) electrons. The van der Waals surface area contributed by atoms with Gasteiger partial charge in [0.25, 0.3) is 0 Å². The van der Waals surface area contributed by atoms with Crippen molar-refractivity contribution in [2.45, 2.75) is 38.5 Å². The minimum Gasteiger partial charge on any atom is -0.381 e. The molecule has 144 valence electrons. The van der Waals surface area contributed by atoms with Gasteiger partial charge in [-0.2, -0.15) is 0 Å². The van der Waals surface area contributed by atoms with E-state index in [1.807, 2.05) is 18.5 Å². The monoisotopic (exact) mass is 367 g/mol. The fourth-order valence-corrected chi connectivity index (χ4v) is 4.21. The van der Waals surface area contributed by atoms with Gasteiger partial charge >= 0.3 is 0 Å². The van der Waals surface area contributed by atoms with Crippen molar-refractivity contribution < 1.29 is 4.74 Å². The van der Waals surface area contributed by atoms with Gasteiger partial charge in [-0.1, -0.05) is 6.07 Å². The average molecular weight is 367 g/mol. The lowest BCUT2D eigenvalue weighted by molar-refractivity contribution is 0.0482. The Bertz CT molecular complexity index is 747. The fourth-order valence-electron chi connectivity index (χ4n) is 4.21. The van der Waals surface area contributed by atoms with Crippen LogP contribution < -0.4 is 5.32 Å². The molecular weight excluding hydrogens is 338 g/mol. The molecule has 0 bridgehead atoms. The molecule has 2 aliphatic heterocycles. The molecule has 0 aromatic carbocycles. The Labute approximate surface area is 161 Å². The number of piperidine rings is 1. The third-order valence-corrected chi connectivity index (χ3v) is 5.72. The van der Waals surface area contributed by atoms with Crippen LogP contribution in [0.2, 0.25) is 0 Å². The minimum absolute atomic E-state index is 0.416. The topological polar surface area (TPSA) is 63.2 Å². The van der Waals surface area contributed by atoms with E-state index in [2.05, 4.69) is 33.2 Å². The molecular formula is C21H29N5O. The first-order valence-corrected chi connectivity index (χ1v) is 10.1. The molecule has 0 spiro atoms. The van der Waals surface area contributed by atoms with E-state index in [4.69, 9.17) is 9.72 Å². The molecule has 0 saturated carbocycles. The maximum Gasteiger partial charge on any atom is 0.153 e. The summed E-state index contributed by atoms with van der Waals surface area (Å²) in [6, 6.07) is 4.01. The second kappa shape index (κ2) is 8.76. The van der Waals surface area contributed by atoms with Crippen LogP contribution in [0.5, 0.6) is 0 Å². The van der Waals surface area contributed by atoms with Crippen molar-refractivity contribution in [3.8, 4) is 0 Å². The number of anilines is 2. The Hall–Kier alpha value is -2.05. The number of aromatic nitrogens is 3. The van der Waals surface area contributed by atoms with Crippen LogP contribution in [0.1, 0.15) is 42.9 Å². The van der Waals surface area contributed by atoms with E-state index in [0.717, 1.165) is 48.6 Å². The van der Waals surface area contributed by atoms with E-state index < -0.39 is 0 Å². The van der Waals surface area contributed by atoms with E-state index in [-0.39, 0.29) is 0 Å². The van der Waals surface area contributed by atoms with Crippen LogP contribution in [0.3, 0.4) is 0 Å². The third-order valence-electron chi connectivity index (χ3n) is 5.72. The first-order valence-electron chi connectivity index (χ1n) is 10.1. The van der Waals surface area contributed by atoms with E-state index >= 15 is 0 Å². The molecule has 1 atom stereocenters. The molecule has 1 N–H and O–H groups in total. The van der Waals surface area contributed by atoms with Crippen LogP contribution in [0.15, 0.2) is 30.7 Å². The Morgan fingerprint density at radius 3 is 2.74 bits per heavy atom. The number of ether oxygens (including phenoxy) is 1. The molecule has 2 aliphatic rings. The van der Waals surface area contributed by atoms with Crippen LogP contribution in [-0.4, -0.2) is 52.7 Å². The van der Waals surface area contributed by atoms with Gasteiger partial charge in [0.15, 0.2) is 5.82 Å². The van der Waals surface area contributed by atoms with Gasteiger partial charge in [-0.05, 0) is 56.7 Å². The van der Waals surface area contributed by atoms with E-state index in [1.54, 1.807) is 6.20 Å². The molecule has 0 amide bonds. The fraction of sp³-hybridized carbons (Fsp3) is 0.571. The highest BCUT2D eigenvalue weighted by Gasteiger charge is 2.27. The van der Waals surface area contributed by atoms with E-state index in [1.165, 1.54) is 38.8 Å². The molecule has 4 rings (SSSR count). The summed E-state index contributed by atoms with van der Waals surface area (Å²) in [6.45, 7) is 7.33. The van der Waals surface area contributed by atoms with Crippen molar-refractivity contribution in [3.05, 3.63) is 42.0 Å². The minimum atomic E-state index is 0.416. The lowest BCUT2D eigenvalue weighted by Crippen LogP contribution is -2.39. The Morgan fingerprint density at radius 2 is 1.89 bits per heavy atom. The summed E-state index contributed by atoms with van der Waals surface area (Å²) in [6.07, 6.45) is 10.1. The summed E-state index contributed by atoms with van der Waals surface area (Å²) in [5, 5.41) is 3.41. The third kappa shape index (κ3) is 4.62. The molecule has 4 heterocycles. The SMILES string of the molecule is Cc1cccnc1Nc1nccnc1[C@@H]1CCCN(CC2CCOCC2)C1. The van der Waals surface area contributed by atoms with Crippen molar-refractivity contribution >= 4 is 11.6 Å². The second-order valence-corrected chi connectivity index (χ2v) is 7.74. The zero-order valence-corrected chi connectivity index (χ0v) is 16.1. The Kier molecular flexibility index (Phi) is 5.94. The van der Waals surface area contributed by atoms with Gasteiger partial charge in [-0.15, -0.1) is 0 Å². The van der Waals surface area contributed by atoms with Gasteiger partial charge in [-0.25, -0.2) is 9.97 Å². The molecule has 0 unspecified atom stereocenters. The molecule has 6 heteroatoms. The van der Waals surface area contributed by atoms with E-state index in [9.17, 15) is 0 Å². The number of pyridine rings is 1. The lowest BCUT2D eigenvalue weighted by atomic mass is 9.92. The Balaban J connectivity index is 1.47. The molecule has 2 fully saturated rings. The van der Waals surface area contributed by atoms with Crippen LogP contribution in [0, 0.1) is 12.8 Å². The largest absolute Gasteiger partial charge is 0.381 e. The van der Waals surface area contributed by atoms with Crippen molar-refractivity contribution in [2.75, 3.05) is 38.2 Å². The normalized spacial score (nSPS) is 21.9. The van der Waals surface area contributed by atoms with Crippen LogP contribution in [0.25, 0.3) is 0 Å². The number of hydrogen-bond acceptors (Lipinski definition) is 6. The highest BCUT2D eigenvalue weighted by molar-refractivity contribution is 5.57. The van der Waals surface area contributed by atoms with Crippen LogP contribution >= 0.6 is 0 Å². The number of nitrogens with one attached hydrogen (secondary N) is 1. The quantitative estimate of drug-likeness (QED) is 0.872. The number of likely N-dealkylation sites (tertiary alicyclic amines) is 1. The lowest BCUT2D eigenvalue weighted by Gasteiger charge is -2.36. The summed E-state index contributed by atoms with van der Waals surface area (Å²) in [5.41, 5.74) is 2.18. The number of nitrogens with zero attached hydrogens (tertiary/aromatic N) is 4. The van der Waals surface area contributed by atoms with E-state index in [0.29, 0.717) is 5.92 Å². The highest BCUT2D eigenvalue weighted by atomic mass is 16.5. The maximum absolute atomic E-state index is 5.51. The second-order valence-electron chi connectivity index (χ2n) is 7.74. The molecule has 2 aromatic rings. The maximum atomic E-state index is 5.51. The standard InChI is InChI=1S/C21H29N5O/c1-16-4-2-8-23-20(16)25-21-19(22-9-10-24-21)18-5-3-11-26(15-18)14-17-6-12-27-13-7-17/h2,4,8-10,17-18H,3,5-7,11-15H2,1H3,(H,23,24,25)/t18-/m1/s1. The first-order chi connectivity index (χ1) is 13.3. The molecule has 27 heavy (non-hydrogen) atoms. The first kappa shape index (κ1) is 18.3. The molecule has 2 aromatic heterocycles. The number of aryl methyl sites for hydroxylation is 1. The van der Waals surface area contributed by atoms with Gasteiger partial charge in [-0.3, -0.25) is 4.98 Å². The van der Waals surface area contributed by atoms with Crippen molar-refractivity contribution in [2.24, 2.45) is 5.92 Å². The predicted molar refractivity (Wildman–Crippen MR) is 106 cm³/mol. The molecule has 6 nitrogen and oxygen atoms in total. The van der Waals surface area contributed by atoms with Gasteiger partial charge < -0.3 is 15.0 Å². The summed E-state index contributed by atoms with van der Waals surface area (Å²) < 4.78 is 5.51. The van der Waals surface area contributed by atoms with Crippen molar-refractivity contribution in [3.63, 3.8) is 0 Å². The van der Waals surface area contributed by atoms with Crippen LogP contribution in [0.4, 0.5) is 11.6 Å². The average Bonchev–Trinajstić information content (AvgIpc) is 2.71. The summed E-state index contributed by atoms with van der Waals surface area (Å²) in [7, 11) is 0. The summed E-state index contributed by atoms with van der Waals surface area (Å²) in [4.78, 5) is 16.4. The van der Waals surface area contributed by atoms with Gasteiger partial charge in [0, 0.05) is 50.8 Å². The van der Waals surface area contributed by atoms with Gasteiger partial charge in [0.1, 0.15) is 5.82 Å².